The Bertz CT molecular complexity index is 1440. The summed E-state index contributed by atoms with van der Waals surface area (Å²) in [4.78, 5) is 26.5. The molecule has 0 aromatic carbocycles. The first-order chi connectivity index (χ1) is 37.7. The summed E-state index contributed by atoms with van der Waals surface area (Å²) >= 11 is 0. The number of aliphatic hydroxyl groups is 5. The monoisotopic (exact) mass is 1090 g/mol. The third kappa shape index (κ3) is 42.2. The molecule has 11 nitrogen and oxygen atoms in total. The highest BCUT2D eigenvalue weighted by molar-refractivity contribution is 5.80. The molecule has 8 atom stereocenters. The molecule has 1 rings (SSSR count). The van der Waals surface area contributed by atoms with Crippen molar-refractivity contribution in [2.45, 2.75) is 346 Å². The van der Waals surface area contributed by atoms with Crippen LogP contribution in [0.4, 0.5) is 0 Å². The number of carbonyl (C=O) groups excluding carboxylic acids is 2. The van der Waals surface area contributed by atoms with Gasteiger partial charge in [0, 0.05) is 6.42 Å². The van der Waals surface area contributed by atoms with Gasteiger partial charge < -0.3 is 45.1 Å². The first kappa shape index (κ1) is 72.6. The molecule has 11 heteroatoms. The predicted octanol–water partition coefficient (Wildman–Crippen LogP) is 15.6. The second-order valence-electron chi connectivity index (χ2n) is 22.5. The summed E-state index contributed by atoms with van der Waals surface area (Å²) in [6, 6.07) is -1.02. The molecule has 6 N–H and O–H groups in total. The van der Waals surface area contributed by atoms with Gasteiger partial charge in [-0.25, -0.2) is 0 Å². The van der Waals surface area contributed by atoms with Crippen molar-refractivity contribution in [2.75, 3.05) is 13.2 Å². The molecule has 0 radical (unpaired) electrons. The van der Waals surface area contributed by atoms with Crippen LogP contribution >= 0.6 is 0 Å². The van der Waals surface area contributed by atoms with E-state index in [2.05, 4.69) is 56.5 Å². The molecular weight excluding hydrogens is 967 g/mol. The first-order valence-electron chi connectivity index (χ1n) is 32.4. The van der Waals surface area contributed by atoms with Crippen molar-refractivity contribution in [3.63, 3.8) is 0 Å². The molecule has 0 saturated carbocycles. The molecule has 1 saturated heterocycles. The lowest BCUT2D eigenvalue weighted by atomic mass is 9.99. The summed E-state index contributed by atoms with van der Waals surface area (Å²) < 4.78 is 17.6. The number of ether oxygens (including phenoxy) is 3. The van der Waals surface area contributed by atoms with E-state index in [1.807, 2.05) is 12.2 Å². The smallest absolute Gasteiger partial charge is 0.306 e. The van der Waals surface area contributed by atoms with Gasteiger partial charge in [-0.2, -0.15) is 0 Å². The second kappa shape index (κ2) is 54.2. The zero-order valence-corrected chi connectivity index (χ0v) is 49.8. The molecule has 1 heterocycles. The average Bonchev–Trinajstić information content (AvgIpc) is 3.43. The van der Waals surface area contributed by atoms with Gasteiger partial charge in [0.15, 0.2) is 12.4 Å². The van der Waals surface area contributed by atoms with Crippen LogP contribution in [0.2, 0.25) is 0 Å². The van der Waals surface area contributed by atoms with Crippen molar-refractivity contribution >= 4 is 11.9 Å². The van der Waals surface area contributed by atoms with Crippen molar-refractivity contribution in [2.24, 2.45) is 0 Å². The molecule has 1 fully saturated rings. The predicted molar refractivity (Wildman–Crippen MR) is 320 cm³/mol. The van der Waals surface area contributed by atoms with Gasteiger partial charge in [-0.3, -0.25) is 9.59 Å². The Kier molecular flexibility index (Phi) is 51.1. The minimum atomic E-state index is -1.62. The molecule has 1 aliphatic heterocycles. The minimum Gasteiger partial charge on any atom is -0.454 e. The molecule has 8 unspecified atom stereocenters. The van der Waals surface area contributed by atoms with E-state index in [9.17, 15) is 35.1 Å². The maximum absolute atomic E-state index is 13.4. The fraction of sp³-hybridized carbons (Fsp3) is 0.848. The Morgan fingerprint density at radius 2 is 0.935 bits per heavy atom. The lowest BCUT2D eigenvalue weighted by Crippen LogP contribution is -2.61. The molecule has 1 aliphatic rings. The SMILES string of the molecule is CC/C=C/C=C/C=C/CCCCCCCCCC(=O)OC1C(OCC(NC(=O)C(O)CCCCCCCCCCCCCCCCCCCCCCCC)C(O)/C=C/CCCCCCCCCCC)OC(CO)C(O)C1O. The van der Waals surface area contributed by atoms with Gasteiger partial charge in [0.05, 0.1) is 25.4 Å². The normalized spacial score (nSPS) is 19.3. The van der Waals surface area contributed by atoms with Crippen molar-refractivity contribution in [3.8, 4) is 0 Å². The van der Waals surface area contributed by atoms with Crippen LogP contribution in [0.15, 0.2) is 48.6 Å². The molecule has 77 heavy (non-hydrogen) atoms. The number of rotatable bonds is 55. The maximum Gasteiger partial charge on any atom is 0.306 e. The van der Waals surface area contributed by atoms with E-state index >= 15 is 0 Å². The summed E-state index contributed by atoms with van der Waals surface area (Å²) in [5.41, 5.74) is 0. The Hall–Kier alpha value is -2.38. The minimum absolute atomic E-state index is 0.111. The Balaban J connectivity index is 2.60. The number of aliphatic hydroxyl groups excluding tert-OH is 5. The van der Waals surface area contributed by atoms with E-state index in [1.54, 1.807) is 6.08 Å². The summed E-state index contributed by atoms with van der Waals surface area (Å²) in [7, 11) is 0. The number of amides is 1. The Morgan fingerprint density at radius 3 is 1.39 bits per heavy atom. The third-order valence-corrected chi connectivity index (χ3v) is 15.3. The Labute approximate surface area is 472 Å². The third-order valence-electron chi connectivity index (χ3n) is 15.3. The van der Waals surface area contributed by atoms with Crippen LogP contribution in [0.3, 0.4) is 0 Å². The zero-order valence-electron chi connectivity index (χ0n) is 49.8. The van der Waals surface area contributed by atoms with Gasteiger partial charge in [0.25, 0.3) is 0 Å². The van der Waals surface area contributed by atoms with Crippen LogP contribution in [0.5, 0.6) is 0 Å². The van der Waals surface area contributed by atoms with E-state index in [4.69, 9.17) is 14.2 Å². The van der Waals surface area contributed by atoms with Crippen molar-refractivity contribution in [1.29, 1.82) is 0 Å². The van der Waals surface area contributed by atoms with E-state index in [-0.39, 0.29) is 13.0 Å². The van der Waals surface area contributed by atoms with E-state index < -0.39 is 67.4 Å². The highest BCUT2D eigenvalue weighted by Crippen LogP contribution is 2.26. The van der Waals surface area contributed by atoms with E-state index in [0.717, 1.165) is 89.9 Å². The standard InChI is InChI=1S/C66H121NO10/c1-4-7-10-13-16-19-22-24-26-27-28-29-30-31-32-34-35-38-41-44-47-50-53-59(70)65(74)67-57(58(69)52-49-46-43-40-37-21-18-15-12-9-6-3)56-75-66-64(63(73)62(72)60(55-68)76-66)77-61(71)54-51-48-45-42-39-36-33-25-23-20-17-14-11-8-5-2/h8,11,14,17,20,23,49,52,57-60,62-64,66,68-70,72-73H,4-7,9-10,12-13,15-16,18-19,21-22,24-48,50-51,53-56H2,1-3H3,(H,67,74)/b11-8+,17-14+,23-20+,52-49+. The van der Waals surface area contributed by atoms with Crippen LogP contribution in [0, 0.1) is 0 Å². The lowest BCUT2D eigenvalue weighted by molar-refractivity contribution is -0.305. The highest BCUT2D eigenvalue weighted by atomic mass is 16.7. The molecule has 0 spiro atoms. The summed E-state index contributed by atoms with van der Waals surface area (Å²) in [5.74, 6) is -1.20. The van der Waals surface area contributed by atoms with Gasteiger partial charge in [-0.05, 0) is 44.9 Å². The van der Waals surface area contributed by atoms with Gasteiger partial charge in [-0.15, -0.1) is 0 Å². The molecule has 0 bridgehead atoms. The summed E-state index contributed by atoms with van der Waals surface area (Å²) in [5, 5.41) is 57.0. The molecule has 450 valence electrons. The van der Waals surface area contributed by atoms with Crippen LogP contribution in [0.1, 0.15) is 297 Å². The Morgan fingerprint density at radius 1 is 0.519 bits per heavy atom. The van der Waals surface area contributed by atoms with E-state index in [0.29, 0.717) is 19.3 Å². The number of carbonyl (C=O) groups is 2. The largest absolute Gasteiger partial charge is 0.454 e. The highest BCUT2D eigenvalue weighted by Gasteiger charge is 2.47. The molecule has 0 aromatic rings. The zero-order chi connectivity index (χ0) is 56.1. The fourth-order valence-electron chi connectivity index (χ4n) is 10.2. The maximum atomic E-state index is 13.4. The number of allylic oxidation sites excluding steroid dienone is 7. The quantitative estimate of drug-likeness (QED) is 0.0149. The van der Waals surface area contributed by atoms with E-state index in [1.165, 1.54) is 161 Å². The fourth-order valence-corrected chi connectivity index (χ4v) is 10.2. The molecule has 1 amide bonds. The van der Waals surface area contributed by atoms with Gasteiger partial charge in [0.1, 0.15) is 24.4 Å². The molecular formula is C66H121NO10. The first-order valence-corrected chi connectivity index (χ1v) is 32.4. The average molecular weight is 1090 g/mol. The summed E-state index contributed by atoms with van der Waals surface area (Å²) in [6.45, 7) is 5.67. The number of unbranched alkanes of at least 4 members (excludes halogenated alkanes) is 37. The molecule has 0 aromatic heterocycles. The van der Waals surface area contributed by atoms with Crippen LogP contribution < -0.4 is 5.32 Å². The lowest BCUT2D eigenvalue weighted by Gasteiger charge is -2.41. The van der Waals surface area contributed by atoms with Crippen molar-refractivity contribution < 1.29 is 49.3 Å². The van der Waals surface area contributed by atoms with Gasteiger partial charge in [-0.1, -0.05) is 294 Å². The van der Waals surface area contributed by atoms with Crippen molar-refractivity contribution in [3.05, 3.63) is 48.6 Å². The second-order valence-corrected chi connectivity index (χ2v) is 22.5. The number of hydrogen-bond donors (Lipinski definition) is 6. The van der Waals surface area contributed by atoms with Gasteiger partial charge >= 0.3 is 5.97 Å². The van der Waals surface area contributed by atoms with Crippen LogP contribution in [-0.4, -0.2) is 99.6 Å². The van der Waals surface area contributed by atoms with Gasteiger partial charge in [0.2, 0.25) is 5.91 Å². The van der Waals surface area contributed by atoms with Crippen LogP contribution in [0.25, 0.3) is 0 Å². The number of esters is 1. The molecule has 0 aliphatic carbocycles. The summed E-state index contributed by atoms with van der Waals surface area (Å²) in [6.07, 6.45) is 55.9. The van der Waals surface area contributed by atoms with Crippen molar-refractivity contribution in [1.82, 2.24) is 5.32 Å². The van der Waals surface area contributed by atoms with Crippen LogP contribution in [-0.2, 0) is 23.8 Å². The topological polar surface area (TPSA) is 175 Å². The number of hydrogen-bond acceptors (Lipinski definition) is 10. The number of nitrogens with one attached hydrogen (secondary N) is 1.